The number of anilines is 2. The van der Waals surface area contributed by atoms with E-state index in [-0.39, 0.29) is 12.2 Å². The van der Waals surface area contributed by atoms with Gasteiger partial charge in [-0.2, -0.15) is 5.26 Å². The van der Waals surface area contributed by atoms with Crippen LogP contribution in [-0.2, 0) is 11.3 Å². The van der Waals surface area contributed by atoms with Crippen molar-refractivity contribution in [2.75, 3.05) is 43.1 Å². The van der Waals surface area contributed by atoms with Crippen molar-refractivity contribution in [2.45, 2.75) is 26.0 Å². The van der Waals surface area contributed by atoms with Crippen LogP contribution in [-0.4, -0.2) is 58.6 Å². The van der Waals surface area contributed by atoms with Crippen molar-refractivity contribution in [1.29, 1.82) is 5.26 Å². The van der Waals surface area contributed by atoms with Gasteiger partial charge in [-0.25, -0.2) is 9.97 Å². The summed E-state index contributed by atoms with van der Waals surface area (Å²) >= 11 is 0. The largest absolute Gasteiger partial charge is 0.489 e. The van der Waals surface area contributed by atoms with E-state index in [1.165, 1.54) is 12.4 Å². The predicted octanol–water partition coefficient (Wildman–Crippen LogP) is 2.96. The quantitative estimate of drug-likeness (QED) is 0.375. The van der Waals surface area contributed by atoms with E-state index >= 15 is 0 Å². The Morgan fingerprint density at radius 2 is 2.00 bits per heavy atom. The summed E-state index contributed by atoms with van der Waals surface area (Å²) in [6, 6.07) is 11.7. The maximum atomic E-state index is 9.98. The van der Waals surface area contributed by atoms with Crippen LogP contribution in [0.2, 0.25) is 0 Å². The number of hydrogen-bond acceptors (Lipinski definition) is 10. The molecule has 4 rings (SSSR count). The van der Waals surface area contributed by atoms with Crippen molar-refractivity contribution < 1.29 is 14.6 Å². The third-order valence-corrected chi connectivity index (χ3v) is 5.69. The molecule has 0 unspecified atom stereocenters. The minimum absolute atomic E-state index is 0.0920. The lowest BCUT2D eigenvalue weighted by Gasteiger charge is -2.27. The Kier molecular flexibility index (Phi) is 8.18. The number of hydrogen-bond donors (Lipinski definition) is 3. The molecule has 3 aromatic rings. The standard InChI is InChI=1S/C27H31N7O3/c1-27(2,35)18-37-22-11-23(26(33-17-22)21(12-28)13-29)20-4-5-24(31-16-20)30-14-19-3-6-25(32-15-19)34-7-9-36-10-8-34/h3-6,11-12,15-17,35H,7-10,14,18,28H2,1-2H3,(H,30,31). The van der Waals surface area contributed by atoms with Crippen LogP contribution in [0.15, 0.2) is 55.1 Å². The van der Waals surface area contributed by atoms with Gasteiger partial charge >= 0.3 is 0 Å². The molecule has 10 heteroatoms. The highest BCUT2D eigenvalue weighted by Gasteiger charge is 2.17. The molecule has 1 saturated heterocycles. The van der Waals surface area contributed by atoms with Crippen molar-refractivity contribution in [3.8, 4) is 22.9 Å². The lowest BCUT2D eigenvalue weighted by Crippen LogP contribution is -2.36. The average Bonchev–Trinajstić information content (AvgIpc) is 2.92. The molecule has 0 radical (unpaired) electrons. The molecule has 192 valence electrons. The van der Waals surface area contributed by atoms with Crippen molar-refractivity contribution >= 4 is 17.2 Å². The van der Waals surface area contributed by atoms with Crippen molar-refractivity contribution in [3.63, 3.8) is 0 Å². The minimum Gasteiger partial charge on any atom is -0.489 e. The SMILES string of the molecule is CC(C)(O)COc1cnc(C(C#N)=CN)c(-c2ccc(NCc3ccc(N4CCOCC4)nc3)nc2)c1. The molecule has 0 aromatic carbocycles. The zero-order valence-corrected chi connectivity index (χ0v) is 21.0. The summed E-state index contributed by atoms with van der Waals surface area (Å²) in [5.41, 5.74) is 7.75. The molecule has 4 heterocycles. The van der Waals surface area contributed by atoms with E-state index in [0.717, 1.165) is 43.2 Å². The Morgan fingerprint density at radius 3 is 2.62 bits per heavy atom. The maximum Gasteiger partial charge on any atom is 0.138 e. The summed E-state index contributed by atoms with van der Waals surface area (Å²) in [7, 11) is 0. The second-order valence-electron chi connectivity index (χ2n) is 9.27. The van der Waals surface area contributed by atoms with E-state index < -0.39 is 5.60 Å². The number of aromatic nitrogens is 3. The molecule has 0 spiro atoms. The molecule has 1 aliphatic heterocycles. The Labute approximate surface area is 216 Å². The van der Waals surface area contributed by atoms with Gasteiger partial charge in [0.1, 0.15) is 30.1 Å². The molecule has 1 aliphatic rings. The van der Waals surface area contributed by atoms with Gasteiger partial charge < -0.3 is 30.5 Å². The molecule has 0 amide bonds. The normalized spacial score (nSPS) is 14.2. The Balaban J connectivity index is 1.47. The highest BCUT2D eigenvalue weighted by atomic mass is 16.5. The fourth-order valence-electron chi connectivity index (χ4n) is 3.74. The van der Waals surface area contributed by atoms with E-state index in [9.17, 15) is 10.4 Å². The monoisotopic (exact) mass is 501 g/mol. The van der Waals surface area contributed by atoms with Gasteiger partial charge in [0.25, 0.3) is 0 Å². The Bertz CT molecular complexity index is 1260. The molecular weight excluding hydrogens is 470 g/mol. The molecular formula is C27H31N7O3. The molecule has 0 aliphatic carbocycles. The number of nitrogens with zero attached hydrogens (tertiary/aromatic N) is 5. The van der Waals surface area contributed by atoms with E-state index in [1.807, 2.05) is 24.4 Å². The summed E-state index contributed by atoms with van der Waals surface area (Å²) in [4.78, 5) is 15.7. The number of allylic oxidation sites excluding steroid dienone is 1. The fourth-order valence-corrected chi connectivity index (χ4v) is 3.74. The van der Waals surface area contributed by atoms with Gasteiger partial charge in [-0.3, -0.25) is 4.98 Å². The zero-order valence-electron chi connectivity index (χ0n) is 21.0. The lowest BCUT2D eigenvalue weighted by molar-refractivity contribution is 0.0284. The zero-order chi connectivity index (χ0) is 26.3. The van der Waals surface area contributed by atoms with E-state index in [1.54, 1.807) is 26.1 Å². The molecule has 1 fully saturated rings. The molecule has 0 bridgehead atoms. The van der Waals surface area contributed by atoms with Crippen LogP contribution in [0.1, 0.15) is 25.1 Å². The summed E-state index contributed by atoms with van der Waals surface area (Å²) in [5, 5.41) is 22.8. The van der Waals surface area contributed by atoms with Crippen molar-refractivity contribution in [3.05, 3.63) is 66.4 Å². The Morgan fingerprint density at radius 1 is 1.19 bits per heavy atom. The van der Waals surface area contributed by atoms with Gasteiger partial charge in [-0.1, -0.05) is 6.07 Å². The van der Waals surface area contributed by atoms with Gasteiger partial charge in [0.15, 0.2) is 0 Å². The van der Waals surface area contributed by atoms with Crippen LogP contribution in [0.25, 0.3) is 16.7 Å². The highest BCUT2D eigenvalue weighted by molar-refractivity contribution is 5.85. The molecule has 37 heavy (non-hydrogen) atoms. The number of pyridine rings is 3. The van der Waals surface area contributed by atoms with Crippen LogP contribution in [0.5, 0.6) is 5.75 Å². The van der Waals surface area contributed by atoms with Crippen LogP contribution in [0.4, 0.5) is 11.6 Å². The molecule has 0 atom stereocenters. The summed E-state index contributed by atoms with van der Waals surface area (Å²) in [6.45, 7) is 7.13. The van der Waals surface area contributed by atoms with Crippen LogP contribution < -0.4 is 20.7 Å². The van der Waals surface area contributed by atoms with Gasteiger partial charge in [0, 0.05) is 49.4 Å². The first-order valence-electron chi connectivity index (χ1n) is 12.0. The smallest absolute Gasteiger partial charge is 0.138 e. The second-order valence-corrected chi connectivity index (χ2v) is 9.27. The molecule has 0 saturated carbocycles. The first kappa shape index (κ1) is 25.9. The second kappa shape index (κ2) is 11.7. The summed E-state index contributed by atoms with van der Waals surface area (Å²) in [5.74, 6) is 2.11. The number of morpholine rings is 1. The first-order valence-corrected chi connectivity index (χ1v) is 12.0. The number of ether oxygens (including phenoxy) is 2. The highest BCUT2D eigenvalue weighted by Crippen LogP contribution is 2.30. The summed E-state index contributed by atoms with van der Waals surface area (Å²) in [6.07, 6.45) is 6.30. The van der Waals surface area contributed by atoms with Gasteiger partial charge in [-0.15, -0.1) is 0 Å². The summed E-state index contributed by atoms with van der Waals surface area (Å²) < 4.78 is 11.1. The van der Waals surface area contributed by atoms with Crippen LogP contribution in [0.3, 0.4) is 0 Å². The number of rotatable bonds is 9. The van der Waals surface area contributed by atoms with Crippen LogP contribution >= 0.6 is 0 Å². The number of nitrogens with one attached hydrogen (secondary N) is 1. The predicted molar refractivity (Wildman–Crippen MR) is 142 cm³/mol. The van der Waals surface area contributed by atoms with Gasteiger partial charge in [0.2, 0.25) is 0 Å². The van der Waals surface area contributed by atoms with E-state index in [0.29, 0.717) is 29.4 Å². The molecule has 4 N–H and O–H groups in total. The minimum atomic E-state index is -0.999. The number of aliphatic hydroxyl groups is 1. The first-order chi connectivity index (χ1) is 17.9. The topological polar surface area (TPSA) is 142 Å². The van der Waals surface area contributed by atoms with E-state index in [4.69, 9.17) is 15.2 Å². The molecule has 3 aromatic heterocycles. The fraction of sp³-hybridized carbons (Fsp3) is 0.333. The average molecular weight is 502 g/mol. The molecule has 10 nitrogen and oxygen atoms in total. The van der Waals surface area contributed by atoms with Crippen LogP contribution in [0, 0.1) is 11.3 Å². The number of nitriles is 1. The maximum absolute atomic E-state index is 9.98. The third kappa shape index (κ3) is 6.94. The van der Waals surface area contributed by atoms with E-state index in [2.05, 4.69) is 37.3 Å². The Hall–Kier alpha value is -4.20. The van der Waals surface area contributed by atoms with Crippen molar-refractivity contribution in [2.24, 2.45) is 5.73 Å². The van der Waals surface area contributed by atoms with Gasteiger partial charge in [-0.05, 0) is 43.7 Å². The lowest BCUT2D eigenvalue weighted by atomic mass is 10.0. The third-order valence-electron chi connectivity index (χ3n) is 5.69. The van der Waals surface area contributed by atoms with Crippen molar-refractivity contribution in [1.82, 2.24) is 15.0 Å². The van der Waals surface area contributed by atoms with Gasteiger partial charge in [0.05, 0.1) is 36.3 Å². The number of nitrogens with two attached hydrogens (primary N) is 1.